The molecule has 2 rings (SSSR count). The van der Waals surface area contributed by atoms with E-state index in [9.17, 15) is 0 Å². The number of thioether (sulfide) groups is 1. The summed E-state index contributed by atoms with van der Waals surface area (Å²) in [6, 6.07) is 4.97. The molecule has 0 spiro atoms. The van der Waals surface area contributed by atoms with Crippen molar-refractivity contribution in [3.63, 3.8) is 0 Å². The Morgan fingerprint density at radius 2 is 2.53 bits per heavy atom. The quantitative estimate of drug-likeness (QED) is 0.844. The van der Waals surface area contributed by atoms with Gasteiger partial charge in [-0.15, -0.1) is 11.3 Å². The Bertz CT molecular complexity index is 265. The molecule has 0 aliphatic carbocycles. The van der Waals surface area contributed by atoms with Crippen LogP contribution in [0.15, 0.2) is 17.5 Å². The Hall–Kier alpha value is 0.01000. The summed E-state index contributed by atoms with van der Waals surface area (Å²) in [6.07, 6.45) is 4.00. The first-order valence-corrected chi connectivity index (χ1v) is 7.71. The van der Waals surface area contributed by atoms with Crippen LogP contribution >= 0.6 is 23.1 Å². The number of rotatable bonds is 5. The lowest BCUT2D eigenvalue weighted by molar-refractivity contribution is 0.519. The van der Waals surface area contributed by atoms with Crippen molar-refractivity contribution < 1.29 is 0 Å². The summed E-state index contributed by atoms with van der Waals surface area (Å²) < 4.78 is 0. The Morgan fingerprint density at radius 3 is 3.13 bits per heavy atom. The molecule has 15 heavy (non-hydrogen) atoms. The van der Waals surface area contributed by atoms with Crippen molar-refractivity contribution in [2.24, 2.45) is 0 Å². The summed E-state index contributed by atoms with van der Waals surface area (Å²) in [5.41, 5.74) is 0. The zero-order valence-electron chi connectivity index (χ0n) is 9.24. The SMILES string of the molecule is CCC(NCC1CCCS1)c1cccs1. The van der Waals surface area contributed by atoms with E-state index >= 15 is 0 Å². The van der Waals surface area contributed by atoms with E-state index in [-0.39, 0.29) is 0 Å². The minimum Gasteiger partial charge on any atom is -0.308 e. The van der Waals surface area contributed by atoms with E-state index in [1.165, 1.54) is 36.4 Å². The van der Waals surface area contributed by atoms with Crippen molar-refractivity contribution in [1.82, 2.24) is 5.32 Å². The van der Waals surface area contributed by atoms with E-state index in [0.717, 1.165) is 5.25 Å². The minimum absolute atomic E-state index is 0.575. The predicted octanol–water partition coefficient (Wildman–Crippen LogP) is 3.68. The molecule has 3 heteroatoms. The maximum atomic E-state index is 3.70. The standard InChI is InChI=1S/C12H19NS2/c1-2-11(12-6-4-8-15-12)13-9-10-5-3-7-14-10/h4,6,8,10-11,13H,2-3,5,7,9H2,1H3. The van der Waals surface area contributed by atoms with Crippen LogP contribution in [0.1, 0.15) is 37.1 Å². The fourth-order valence-electron chi connectivity index (χ4n) is 2.01. The molecule has 0 radical (unpaired) electrons. The molecule has 1 N–H and O–H groups in total. The Kier molecular flexibility index (Phi) is 4.54. The third-order valence-corrected chi connectivity index (χ3v) is 5.29. The minimum atomic E-state index is 0.575. The van der Waals surface area contributed by atoms with E-state index < -0.39 is 0 Å². The van der Waals surface area contributed by atoms with E-state index in [2.05, 4.69) is 41.5 Å². The first-order valence-electron chi connectivity index (χ1n) is 5.78. The predicted molar refractivity (Wildman–Crippen MR) is 70.8 cm³/mol. The van der Waals surface area contributed by atoms with Crippen molar-refractivity contribution in [3.05, 3.63) is 22.4 Å². The molecule has 1 nitrogen and oxygen atoms in total. The number of hydrogen-bond donors (Lipinski definition) is 1. The maximum Gasteiger partial charge on any atom is 0.0412 e. The largest absolute Gasteiger partial charge is 0.308 e. The van der Waals surface area contributed by atoms with Crippen LogP contribution in [0.2, 0.25) is 0 Å². The topological polar surface area (TPSA) is 12.0 Å². The molecule has 1 aliphatic rings. The average Bonchev–Trinajstić information content (AvgIpc) is 2.90. The molecule has 2 heterocycles. The smallest absolute Gasteiger partial charge is 0.0412 e. The first-order chi connectivity index (χ1) is 7.40. The fourth-order valence-corrected chi connectivity index (χ4v) is 4.11. The van der Waals surface area contributed by atoms with E-state index in [4.69, 9.17) is 0 Å². The molecular formula is C12H19NS2. The number of hydrogen-bond acceptors (Lipinski definition) is 3. The molecule has 0 aromatic carbocycles. The molecule has 0 saturated carbocycles. The van der Waals surface area contributed by atoms with Gasteiger partial charge in [-0.05, 0) is 36.5 Å². The molecule has 2 unspecified atom stereocenters. The van der Waals surface area contributed by atoms with Gasteiger partial charge in [-0.25, -0.2) is 0 Å². The maximum absolute atomic E-state index is 3.70. The first kappa shape index (κ1) is 11.5. The van der Waals surface area contributed by atoms with Crippen molar-refractivity contribution in [2.45, 2.75) is 37.5 Å². The summed E-state index contributed by atoms with van der Waals surface area (Å²) in [7, 11) is 0. The molecule has 0 bridgehead atoms. The van der Waals surface area contributed by atoms with Crippen LogP contribution in [0.3, 0.4) is 0 Å². The molecule has 0 amide bonds. The van der Waals surface area contributed by atoms with Gasteiger partial charge in [-0.3, -0.25) is 0 Å². The van der Waals surface area contributed by atoms with E-state index in [1.54, 1.807) is 0 Å². The van der Waals surface area contributed by atoms with Crippen LogP contribution in [0.25, 0.3) is 0 Å². The van der Waals surface area contributed by atoms with Gasteiger partial charge in [-0.1, -0.05) is 13.0 Å². The van der Waals surface area contributed by atoms with Gasteiger partial charge in [0.05, 0.1) is 0 Å². The van der Waals surface area contributed by atoms with Gasteiger partial charge in [0.1, 0.15) is 0 Å². The third kappa shape index (κ3) is 3.23. The fraction of sp³-hybridized carbons (Fsp3) is 0.667. The van der Waals surface area contributed by atoms with Gasteiger partial charge < -0.3 is 5.32 Å². The van der Waals surface area contributed by atoms with Crippen molar-refractivity contribution in [3.8, 4) is 0 Å². The third-order valence-electron chi connectivity index (χ3n) is 2.91. The second kappa shape index (κ2) is 5.92. The van der Waals surface area contributed by atoms with E-state index in [0.29, 0.717) is 6.04 Å². The van der Waals surface area contributed by atoms with Gasteiger partial charge in [0.2, 0.25) is 0 Å². The highest BCUT2D eigenvalue weighted by molar-refractivity contribution is 8.00. The summed E-state index contributed by atoms with van der Waals surface area (Å²) in [4.78, 5) is 1.49. The van der Waals surface area contributed by atoms with E-state index in [1.807, 2.05) is 11.3 Å². The summed E-state index contributed by atoms with van der Waals surface area (Å²) >= 11 is 4.00. The monoisotopic (exact) mass is 241 g/mol. The van der Waals surface area contributed by atoms with Gasteiger partial charge in [0.15, 0.2) is 0 Å². The molecular weight excluding hydrogens is 222 g/mol. The molecule has 2 atom stereocenters. The zero-order valence-corrected chi connectivity index (χ0v) is 10.9. The average molecular weight is 241 g/mol. The lowest BCUT2D eigenvalue weighted by Crippen LogP contribution is -2.27. The van der Waals surface area contributed by atoms with Gasteiger partial charge in [0.25, 0.3) is 0 Å². The highest BCUT2D eigenvalue weighted by atomic mass is 32.2. The Balaban J connectivity index is 1.80. The molecule has 84 valence electrons. The van der Waals surface area contributed by atoms with Gasteiger partial charge in [-0.2, -0.15) is 11.8 Å². The van der Waals surface area contributed by atoms with Crippen molar-refractivity contribution >= 4 is 23.1 Å². The molecule has 1 aliphatic heterocycles. The van der Waals surface area contributed by atoms with Crippen LogP contribution in [0.4, 0.5) is 0 Å². The van der Waals surface area contributed by atoms with Crippen LogP contribution in [-0.2, 0) is 0 Å². The Labute approximate surface area is 101 Å². The Morgan fingerprint density at radius 1 is 1.60 bits per heavy atom. The second-order valence-electron chi connectivity index (χ2n) is 4.02. The van der Waals surface area contributed by atoms with Gasteiger partial charge in [0, 0.05) is 22.7 Å². The van der Waals surface area contributed by atoms with Gasteiger partial charge >= 0.3 is 0 Å². The van der Waals surface area contributed by atoms with Crippen molar-refractivity contribution in [2.75, 3.05) is 12.3 Å². The normalized spacial score (nSPS) is 23.1. The van der Waals surface area contributed by atoms with Crippen LogP contribution in [-0.4, -0.2) is 17.5 Å². The molecule has 1 fully saturated rings. The second-order valence-corrected chi connectivity index (χ2v) is 6.41. The number of thiophene rings is 1. The zero-order chi connectivity index (χ0) is 10.5. The number of nitrogens with one attached hydrogen (secondary N) is 1. The molecule has 1 aromatic heterocycles. The lowest BCUT2D eigenvalue weighted by atomic mass is 10.1. The highest BCUT2D eigenvalue weighted by Gasteiger charge is 2.17. The summed E-state index contributed by atoms with van der Waals surface area (Å²) in [5.74, 6) is 1.36. The van der Waals surface area contributed by atoms with Crippen LogP contribution in [0.5, 0.6) is 0 Å². The van der Waals surface area contributed by atoms with Crippen LogP contribution in [0, 0.1) is 0 Å². The summed E-state index contributed by atoms with van der Waals surface area (Å²) in [6.45, 7) is 3.44. The summed E-state index contributed by atoms with van der Waals surface area (Å²) in [5, 5.41) is 6.73. The van der Waals surface area contributed by atoms with Crippen molar-refractivity contribution in [1.29, 1.82) is 0 Å². The highest BCUT2D eigenvalue weighted by Crippen LogP contribution is 2.27. The molecule has 1 saturated heterocycles. The van der Waals surface area contributed by atoms with Crippen LogP contribution < -0.4 is 5.32 Å². The lowest BCUT2D eigenvalue weighted by Gasteiger charge is -2.18. The molecule has 1 aromatic rings.